The van der Waals surface area contributed by atoms with Gasteiger partial charge in [0.15, 0.2) is 0 Å². The quantitative estimate of drug-likeness (QED) is 0.685. The van der Waals surface area contributed by atoms with E-state index in [0.29, 0.717) is 16.5 Å². The summed E-state index contributed by atoms with van der Waals surface area (Å²) < 4.78 is 11.8. The largest absolute Gasteiger partial charge is 0.489 e. The fourth-order valence-electron chi connectivity index (χ4n) is 3.37. The van der Waals surface area contributed by atoms with Gasteiger partial charge in [-0.15, -0.1) is 0 Å². The number of hydrogen-bond acceptors (Lipinski definition) is 5. The third kappa shape index (κ3) is 6.10. The molecule has 1 fully saturated rings. The maximum Gasteiger partial charge on any atom is 0.221 e. The van der Waals surface area contributed by atoms with Crippen LogP contribution in [0.1, 0.15) is 20.3 Å². The van der Waals surface area contributed by atoms with Crippen molar-refractivity contribution in [2.45, 2.75) is 38.5 Å². The zero-order chi connectivity index (χ0) is 20.8. The van der Waals surface area contributed by atoms with Crippen LogP contribution in [-0.4, -0.2) is 53.9 Å². The lowest BCUT2D eigenvalue weighted by Gasteiger charge is -2.28. The van der Waals surface area contributed by atoms with Gasteiger partial charge in [0.25, 0.3) is 0 Å². The Bertz CT molecular complexity index is 815. The van der Waals surface area contributed by atoms with Crippen LogP contribution in [0, 0.1) is 0 Å². The number of nitrogens with zero attached hydrogens (tertiary/aromatic N) is 1. The highest BCUT2D eigenvalue weighted by Crippen LogP contribution is 2.25. The van der Waals surface area contributed by atoms with Crippen molar-refractivity contribution in [2.75, 3.05) is 25.0 Å². The number of nitrogens with one attached hydrogen (secondary N) is 1. The maximum atomic E-state index is 11.3. The van der Waals surface area contributed by atoms with Crippen molar-refractivity contribution in [1.82, 2.24) is 4.90 Å². The Labute approximate surface area is 176 Å². The monoisotopic (exact) mass is 418 g/mol. The van der Waals surface area contributed by atoms with E-state index in [1.54, 1.807) is 12.1 Å². The standard InChI is InChI=1S/C22H27ClN2O4/c1-15(21(27)14-28-22-6-4-3-5-20(22)24-16(2)26)25-12-11-19(13-25)29-18-9-7-17(23)8-10-18/h3-10,15,19,21,27H,11-14H2,1-2H3,(H,24,26)/t15-,19?,21+/m1/s1. The number of amides is 1. The number of hydrogen-bond donors (Lipinski definition) is 2. The molecule has 29 heavy (non-hydrogen) atoms. The van der Waals surface area contributed by atoms with Crippen molar-refractivity contribution in [3.05, 3.63) is 53.6 Å². The second-order valence-electron chi connectivity index (χ2n) is 7.27. The molecule has 0 aliphatic carbocycles. The number of aliphatic hydroxyl groups excluding tert-OH is 1. The van der Waals surface area contributed by atoms with Crippen LogP contribution in [0.4, 0.5) is 5.69 Å². The van der Waals surface area contributed by atoms with Gasteiger partial charge >= 0.3 is 0 Å². The van der Waals surface area contributed by atoms with E-state index in [-0.39, 0.29) is 24.7 Å². The molecular formula is C22H27ClN2O4. The summed E-state index contributed by atoms with van der Waals surface area (Å²) in [5.41, 5.74) is 0.595. The Morgan fingerprint density at radius 3 is 2.72 bits per heavy atom. The van der Waals surface area contributed by atoms with Gasteiger partial charge in [-0.25, -0.2) is 0 Å². The van der Waals surface area contributed by atoms with Gasteiger partial charge in [-0.3, -0.25) is 9.69 Å². The minimum atomic E-state index is -0.672. The van der Waals surface area contributed by atoms with E-state index in [2.05, 4.69) is 10.2 Å². The summed E-state index contributed by atoms with van der Waals surface area (Å²) in [4.78, 5) is 13.5. The lowest BCUT2D eigenvalue weighted by molar-refractivity contribution is -0.114. The number of carbonyl (C=O) groups is 1. The predicted molar refractivity (Wildman–Crippen MR) is 114 cm³/mol. The molecule has 1 amide bonds. The van der Waals surface area contributed by atoms with Crippen molar-refractivity contribution >= 4 is 23.2 Å². The first kappa shape index (κ1) is 21.4. The molecule has 6 nitrogen and oxygen atoms in total. The number of aliphatic hydroxyl groups is 1. The highest BCUT2D eigenvalue weighted by atomic mass is 35.5. The van der Waals surface area contributed by atoms with E-state index >= 15 is 0 Å². The Balaban J connectivity index is 1.50. The fraction of sp³-hybridized carbons (Fsp3) is 0.409. The van der Waals surface area contributed by atoms with Crippen LogP contribution < -0.4 is 14.8 Å². The van der Waals surface area contributed by atoms with E-state index in [9.17, 15) is 9.90 Å². The van der Waals surface area contributed by atoms with Crippen molar-refractivity contribution in [3.63, 3.8) is 0 Å². The SMILES string of the molecule is CC(=O)Nc1ccccc1OC[C@H](O)[C@@H](C)N1CCC(Oc2ccc(Cl)cc2)C1. The zero-order valence-electron chi connectivity index (χ0n) is 16.7. The molecule has 7 heteroatoms. The summed E-state index contributed by atoms with van der Waals surface area (Å²) in [6.07, 6.45) is 0.299. The Kier molecular flexibility index (Phi) is 7.36. The number of benzene rings is 2. The van der Waals surface area contributed by atoms with Gasteiger partial charge in [-0.2, -0.15) is 0 Å². The highest BCUT2D eigenvalue weighted by Gasteiger charge is 2.31. The molecule has 0 spiro atoms. The molecule has 3 rings (SSSR count). The molecule has 2 aromatic carbocycles. The van der Waals surface area contributed by atoms with Crippen molar-refractivity contribution < 1.29 is 19.4 Å². The first-order valence-corrected chi connectivity index (χ1v) is 10.1. The smallest absolute Gasteiger partial charge is 0.221 e. The van der Waals surface area contributed by atoms with Crippen LogP contribution in [0.5, 0.6) is 11.5 Å². The van der Waals surface area contributed by atoms with Gasteiger partial charge in [0.2, 0.25) is 5.91 Å². The molecule has 1 saturated heterocycles. The van der Waals surface area contributed by atoms with Gasteiger partial charge in [-0.1, -0.05) is 23.7 Å². The Morgan fingerprint density at radius 2 is 2.00 bits per heavy atom. The molecule has 0 radical (unpaired) electrons. The second kappa shape index (κ2) is 9.96. The molecule has 0 saturated carbocycles. The van der Waals surface area contributed by atoms with Crippen LogP contribution >= 0.6 is 11.6 Å². The fourth-order valence-corrected chi connectivity index (χ4v) is 3.49. The first-order valence-electron chi connectivity index (χ1n) is 9.76. The number of halogens is 1. The summed E-state index contributed by atoms with van der Waals surface area (Å²) in [6.45, 7) is 5.15. The van der Waals surface area contributed by atoms with Gasteiger partial charge in [0.05, 0.1) is 5.69 Å². The molecule has 0 bridgehead atoms. The summed E-state index contributed by atoms with van der Waals surface area (Å²) in [5, 5.41) is 14.0. The van der Waals surface area contributed by atoms with Crippen LogP contribution in [0.3, 0.4) is 0 Å². The topological polar surface area (TPSA) is 71.0 Å². The summed E-state index contributed by atoms with van der Waals surface area (Å²) in [6, 6.07) is 14.5. The lowest BCUT2D eigenvalue weighted by Crippen LogP contribution is -2.43. The van der Waals surface area contributed by atoms with Crippen molar-refractivity contribution in [2.24, 2.45) is 0 Å². The molecule has 1 aliphatic heterocycles. The average molecular weight is 419 g/mol. The lowest BCUT2D eigenvalue weighted by atomic mass is 10.1. The number of para-hydroxylation sites is 2. The third-order valence-corrected chi connectivity index (χ3v) is 5.28. The summed E-state index contributed by atoms with van der Waals surface area (Å²) in [5.74, 6) is 1.17. The summed E-state index contributed by atoms with van der Waals surface area (Å²) in [7, 11) is 0. The van der Waals surface area contributed by atoms with E-state index in [1.807, 2.05) is 43.3 Å². The molecule has 3 atom stereocenters. The highest BCUT2D eigenvalue weighted by molar-refractivity contribution is 6.30. The van der Waals surface area contributed by atoms with Gasteiger partial charge in [-0.05, 0) is 49.7 Å². The molecule has 1 unspecified atom stereocenters. The third-order valence-electron chi connectivity index (χ3n) is 5.03. The Hall–Kier alpha value is -2.28. The first-order chi connectivity index (χ1) is 13.9. The molecule has 2 N–H and O–H groups in total. The maximum absolute atomic E-state index is 11.3. The van der Waals surface area contributed by atoms with E-state index in [4.69, 9.17) is 21.1 Å². The van der Waals surface area contributed by atoms with Crippen LogP contribution in [-0.2, 0) is 4.79 Å². The number of ether oxygens (including phenoxy) is 2. The minimum Gasteiger partial charge on any atom is -0.489 e. The molecule has 1 aliphatic rings. The predicted octanol–water partition coefficient (Wildman–Crippen LogP) is 3.58. The second-order valence-corrected chi connectivity index (χ2v) is 7.71. The van der Waals surface area contributed by atoms with Crippen molar-refractivity contribution in [3.8, 4) is 11.5 Å². The molecule has 2 aromatic rings. The van der Waals surface area contributed by atoms with Crippen LogP contribution in [0.2, 0.25) is 5.02 Å². The number of anilines is 1. The van der Waals surface area contributed by atoms with Gasteiger partial charge < -0.3 is 19.9 Å². The molecule has 156 valence electrons. The van der Waals surface area contributed by atoms with E-state index < -0.39 is 6.10 Å². The van der Waals surface area contributed by atoms with Gasteiger partial charge in [0.1, 0.15) is 30.3 Å². The van der Waals surface area contributed by atoms with Gasteiger partial charge in [0, 0.05) is 31.1 Å². The zero-order valence-corrected chi connectivity index (χ0v) is 17.4. The number of carbonyl (C=O) groups excluding carboxylic acids is 1. The number of likely N-dealkylation sites (tertiary alicyclic amines) is 1. The normalized spacial score (nSPS) is 18.8. The van der Waals surface area contributed by atoms with E-state index in [0.717, 1.165) is 25.3 Å². The van der Waals surface area contributed by atoms with Crippen LogP contribution in [0.15, 0.2) is 48.5 Å². The molecule has 1 heterocycles. The minimum absolute atomic E-state index is 0.0761. The summed E-state index contributed by atoms with van der Waals surface area (Å²) >= 11 is 5.91. The van der Waals surface area contributed by atoms with Crippen LogP contribution in [0.25, 0.3) is 0 Å². The number of rotatable bonds is 8. The Morgan fingerprint density at radius 1 is 1.28 bits per heavy atom. The molecular weight excluding hydrogens is 392 g/mol. The molecule has 0 aromatic heterocycles. The average Bonchev–Trinajstić information content (AvgIpc) is 3.16. The van der Waals surface area contributed by atoms with Crippen molar-refractivity contribution in [1.29, 1.82) is 0 Å². The van der Waals surface area contributed by atoms with E-state index in [1.165, 1.54) is 6.92 Å².